The van der Waals surface area contributed by atoms with E-state index >= 15 is 0 Å². The van der Waals surface area contributed by atoms with E-state index in [0.717, 1.165) is 10.4 Å². The van der Waals surface area contributed by atoms with E-state index < -0.39 is 43.7 Å². The van der Waals surface area contributed by atoms with Crippen LogP contribution in [0, 0.1) is 0 Å². The van der Waals surface area contributed by atoms with Gasteiger partial charge < -0.3 is 23.7 Å². The largest absolute Gasteiger partial charge is 0.458 e. The molecule has 2 aromatic rings. The molecule has 1 atom stereocenters. The molecule has 0 heterocycles. The average Bonchev–Trinajstić information content (AvgIpc) is 2.89. The number of ether oxygens (including phenoxy) is 3. The molecule has 0 saturated carbocycles. The monoisotopic (exact) mass is 615 g/mol. The van der Waals surface area contributed by atoms with Gasteiger partial charge >= 0.3 is 18.2 Å². The van der Waals surface area contributed by atoms with Gasteiger partial charge in [-0.25, -0.2) is 14.4 Å². The average molecular weight is 616 g/mol. The number of carbonyl (C=O) groups is 3. The molecule has 238 valence electrons. The second-order valence-electron chi connectivity index (χ2n) is 13.4. The van der Waals surface area contributed by atoms with Crippen molar-refractivity contribution in [1.29, 1.82) is 0 Å². The summed E-state index contributed by atoms with van der Waals surface area (Å²) in [6.45, 7) is 16.1. The van der Waals surface area contributed by atoms with Crippen molar-refractivity contribution in [3.05, 3.63) is 60.7 Å². The Morgan fingerprint density at radius 1 is 0.744 bits per heavy atom. The van der Waals surface area contributed by atoms with Gasteiger partial charge in [0.05, 0.1) is 6.61 Å². The number of aliphatic hydroxyl groups excluding tert-OH is 1. The molecule has 0 fully saturated rings. The van der Waals surface area contributed by atoms with Gasteiger partial charge in [-0.1, -0.05) is 81.4 Å². The number of hydrogen-bond acceptors (Lipinski definition) is 8. The Bertz CT molecular complexity index is 1140. The van der Waals surface area contributed by atoms with Crippen molar-refractivity contribution in [2.75, 3.05) is 19.8 Å². The maximum atomic E-state index is 13.5. The van der Waals surface area contributed by atoms with Crippen LogP contribution < -0.4 is 10.4 Å². The number of hydrogen-bond donors (Lipinski definition) is 1. The summed E-state index contributed by atoms with van der Waals surface area (Å²) < 4.78 is 23.3. The molecule has 9 nitrogen and oxygen atoms in total. The highest BCUT2D eigenvalue weighted by molar-refractivity contribution is 6.99. The number of benzene rings is 2. The van der Waals surface area contributed by atoms with Crippen LogP contribution in [0.1, 0.15) is 75.2 Å². The van der Waals surface area contributed by atoms with E-state index in [-0.39, 0.29) is 37.7 Å². The van der Waals surface area contributed by atoms with Crippen LogP contribution in [0.4, 0.5) is 9.59 Å². The number of esters is 1. The van der Waals surface area contributed by atoms with E-state index in [0.29, 0.717) is 4.90 Å². The third-order valence-electron chi connectivity index (χ3n) is 6.46. The van der Waals surface area contributed by atoms with Crippen molar-refractivity contribution in [2.45, 2.75) is 97.4 Å². The molecule has 0 aliphatic heterocycles. The van der Waals surface area contributed by atoms with Crippen molar-refractivity contribution >= 4 is 36.8 Å². The summed E-state index contributed by atoms with van der Waals surface area (Å²) in [5, 5.41) is 11.3. The zero-order chi connectivity index (χ0) is 32.5. The first kappa shape index (κ1) is 36.0. The minimum atomic E-state index is -2.88. The van der Waals surface area contributed by atoms with Gasteiger partial charge in [0.25, 0.3) is 8.32 Å². The maximum absolute atomic E-state index is 13.5. The fourth-order valence-electron chi connectivity index (χ4n) is 4.80. The second-order valence-corrected chi connectivity index (χ2v) is 17.7. The molecule has 0 unspecified atom stereocenters. The lowest BCUT2D eigenvalue weighted by Gasteiger charge is -2.43. The first-order valence-electron chi connectivity index (χ1n) is 14.7. The van der Waals surface area contributed by atoms with Crippen LogP contribution in [0.5, 0.6) is 0 Å². The van der Waals surface area contributed by atoms with Crippen LogP contribution in [-0.4, -0.2) is 73.5 Å². The number of rotatable bonds is 11. The van der Waals surface area contributed by atoms with Gasteiger partial charge in [-0.05, 0) is 69.8 Å². The molecule has 0 aliphatic carbocycles. The SMILES string of the molecule is CC(C)(C)OC(=O)[C@H](CCCO)N(C(=O)OCCO[Si](c1ccccc1)(c1ccccc1)C(C)(C)C)C(=O)OC(C)(C)C. The quantitative estimate of drug-likeness (QED) is 0.154. The van der Waals surface area contributed by atoms with Crippen LogP contribution in [0.3, 0.4) is 0 Å². The van der Waals surface area contributed by atoms with E-state index in [9.17, 15) is 19.5 Å². The summed E-state index contributed by atoms with van der Waals surface area (Å²) in [6, 6.07) is 18.7. The summed E-state index contributed by atoms with van der Waals surface area (Å²) in [6.07, 6.45) is -1.99. The minimum Gasteiger partial charge on any atom is -0.458 e. The molecule has 2 rings (SSSR count). The molecule has 43 heavy (non-hydrogen) atoms. The van der Waals surface area contributed by atoms with Crippen molar-refractivity contribution in [1.82, 2.24) is 4.90 Å². The Hall–Kier alpha value is -3.21. The summed E-state index contributed by atoms with van der Waals surface area (Å²) in [5.41, 5.74) is -1.82. The molecule has 0 aromatic heterocycles. The van der Waals surface area contributed by atoms with Crippen LogP contribution in [0.2, 0.25) is 5.04 Å². The van der Waals surface area contributed by atoms with Gasteiger partial charge in [-0.3, -0.25) is 0 Å². The second kappa shape index (κ2) is 15.0. The summed E-state index contributed by atoms with van der Waals surface area (Å²) >= 11 is 0. The van der Waals surface area contributed by atoms with Crippen LogP contribution >= 0.6 is 0 Å². The summed E-state index contributed by atoms with van der Waals surface area (Å²) in [7, 11) is -2.88. The lowest BCUT2D eigenvalue weighted by molar-refractivity contribution is -0.161. The number of carbonyl (C=O) groups excluding carboxylic acids is 3. The number of imide groups is 1. The van der Waals surface area contributed by atoms with Gasteiger partial charge in [-0.2, -0.15) is 4.90 Å². The first-order chi connectivity index (χ1) is 19.9. The molecular weight excluding hydrogens is 566 g/mol. The molecule has 2 aromatic carbocycles. The zero-order valence-corrected chi connectivity index (χ0v) is 28.1. The predicted octanol–water partition coefficient (Wildman–Crippen LogP) is 5.42. The highest BCUT2D eigenvalue weighted by atomic mass is 28.4. The van der Waals surface area contributed by atoms with Crippen molar-refractivity contribution in [3.8, 4) is 0 Å². The Morgan fingerprint density at radius 3 is 1.65 bits per heavy atom. The third kappa shape index (κ3) is 10.2. The highest BCUT2D eigenvalue weighted by Crippen LogP contribution is 2.36. The van der Waals surface area contributed by atoms with Crippen LogP contribution in [0.15, 0.2) is 60.7 Å². The van der Waals surface area contributed by atoms with Crippen molar-refractivity contribution in [2.24, 2.45) is 0 Å². The number of amides is 2. The van der Waals surface area contributed by atoms with Gasteiger partial charge in [0.15, 0.2) is 0 Å². The Kier molecular flexibility index (Phi) is 12.5. The number of aliphatic hydroxyl groups is 1. The van der Waals surface area contributed by atoms with E-state index in [1.165, 1.54) is 0 Å². The maximum Gasteiger partial charge on any atom is 0.420 e. The topological polar surface area (TPSA) is 112 Å². The highest BCUT2D eigenvalue weighted by Gasteiger charge is 2.50. The normalized spacial score (nSPS) is 13.2. The third-order valence-corrected chi connectivity index (χ3v) is 11.5. The Morgan fingerprint density at radius 2 is 1.23 bits per heavy atom. The number of nitrogens with zero attached hydrogens (tertiary/aromatic N) is 1. The predicted molar refractivity (Wildman–Crippen MR) is 169 cm³/mol. The molecule has 0 saturated heterocycles. The zero-order valence-electron chi connectivity index (χ0n) is 27.1. The van der Waals surface area contributed by atoms with Gasteiger partial charge in [0.1, 0.15) is 23.9 Å². The fraction of sp³-hybridized carbons (Fsp3) is 0.545. The molecule has 0 bridgehead atoms. The van der Waals surface area contributed by atoms with Gasteiger partial charge in [0.2, 0.25) is 0 Å². The van der Waals surface area contributed by atoms with Gasteiger partial charge in [0, 0.05) is 6.61 Å². The summed E-state index contributed by atoms with van der Waals surface area (Å²) in [4.78, 5) is 40.6. The van der Waals surface area contributed by atoms with Crippen LogP contribution in [-0.2, 0) is 23.4 Å². The molecule has 0 aliphatic rings. The summed E-state index contributed by atoms with van der Waals surface area (Å²) in [5.74, 6) is -0.799. The van der Waals surface area contributed by atoms with E-state index in [4.69, 9.17) is 18.6 Å². The molecule has 0 spiro atoms. The molecule has 2 amide bonds. The molecular formula is C33H49NO8Si. The first-order valence-corrected chi connectivity index (χ1v) is 16.6. The Balaban J connectivity index is 2.37. The minimum absolute atomic E-state index is 0.0294. The lowest BCUT2D eigenvalue weighted by Crippen LogP contribution is -2.66. The van der Waals surface area contributed by atoms with E-state index in [1.807, 2.05) is 36.4 Å². The van der Waals surface area contributed by atoms with Gasteiger partial charge in [-0.15, -0.1) is 0 Å². The van der Waals surface area contributed by atoms with Crippen molar-refractivity contribution < 1.29 is 38.1 Å². The van der Waals surface area contributed by atoms with Crippen LogP contribution in [0.25, 0.3) is 0 Å². The Labute approximate surface area is 257 Å². The molecule has 0 radical (unpaired) electrons. The smallest absolute Gasteiger partial charge is 0.420 e. The standard InChI is InChI=1S/C33H49NO8Si/c1-31(2,3)41-28(36)27(21-16-22-35)34(30(38)42-32(4,5)6)29(37)39-23-24-40-43(33(7,8)9,25-17-12-10-13-18-25)26-19-14-11-15-20-26/h10-15,17-20,27,35H,16,21-24H2,1-9H3/t27-/m0/s1. The van der Waals surface area contributed by atoms with E-state index in [2.05, 4.69) is 45.0 Å². The molecule has 1 N–H and O–H groups in total. The fourth-order valence-corrected chi connectivity index (χ4v) is 9.35. The van der Waals surface area contributed by atoms with Crippen molar-refractivity contribution in [3.63, 3.8) is 0 Å². The van der Waals surface area contributed by atoms with E-state index in [1.54, 1.807) is 41.5 Å². The lowest BCUT2D eigenvalue weighted by atomic mass is 10.1. The molecule has 10 heteroatoms.